The smallest absolute Gasteiger partial charge is 0.161 e. The van der Waals surface area contributed by atoms with Crippen molar-refractivity contribution in [1.82, 2.24) is 0 Å². The van der Waals surface area contributed by atoms with Crippen LogP contribution in [0.5, 0.6) is 0 Å². The zero-order valence-corrected chi connectivity index (χ0v) is 16.7. The molecule has 1 aliphatic heterocycles. The van der Waals surface area contributed by atoms with Gasteiger partial charge in [0.1, 0.15) is 5.60 Å². The Labute approximate surface area is 157 Å². The molecule has 1 aliphatic rings. The summed E-state index contributed by atoms with van der Waals surface area (Å²) in [6.07, 6.45) is 4.11. The highest BCUT2D eigenvalue weighted by atomic mass is 16.6. The molecule has 0 aromatic heterocycles. The number of aliphatic hydroxyl groups excluding tert-OH is 2. The molecule has 3 unspecified atom stereocenters. The molecule has 0 spiro atoms. The molecule has 0 bridgehead atoms. The molecule has 1 rings (SSSR count). The molecule has 4 N–H and O–H groups in total. The second kappa shape index (κ2) is 9.60. The molecule has 0 fully saturated rings. The third-order valence-corrected chi connectivity index (χ3v) is 5.17. The zero-order valence-electron chi connectivity index (χ0n) is 16.7. The minimum Gasteiger partial charge on any atom is -0.393 e. The molecule has 5 heteroatoms. The fourth-order valence-electron chi connectivity index (χ4n) is 3.48. The Bertz CT molecular complexity index is 581. The Morgan fingerprint density at radius 3 is 2.50 bits per heavy atom. The van der Waals surface area contributed by atoms with E-state index in [4.69, 9.17) is 10.1 Å². The van der Waals surface area contributed by atoms with Crippen molar-refractivity contribution in [2.75, 3.05) is 6.61 Å². The van der Waals surface area contributed by atoms with Gasteiger partial charge in [-0.15, -0.1) is 0 Å². The normalized spacial score (nSPS) is 39.5. The number of aliphatic hydroxyl groups is 3. The largest absolute Gasteiger partial charge is 0.393 e. The van der Waals surface area contributed by atoms with E-state index >= 15 is 0 Å². The first-order valence-electron chi connectivity index (χ1n) is 9.33. The molecule has 5 atom stereocenters. The molecule has 1 heterocycles. The average molecular weight is 366 g/mol. The number of rotatable bonds is 2. The molecule has 0 aromatic rings. The molecule has 26 heavy (non-hydrogen) atoms. The van der Waals surface area contributed by atoms with Crippen LogP contribution < -0.4 is 0 Å². The predicted octanol–water partition coefficient (Wildman–Crippen LogP) is 3.36. The van der Waals surface area contributed by atoms with Gasteiger partial charge < -0.3 is 25.5 Å². The summed E-state index contributed by atoms with van der Waals surface area (Å²) in [7, 11) is 0. The molecule has 0 aromatic carbocycles. The lowest BCUT2D eigenvalue weighted by Crippen LogP contribution is -2.53. The summed E-state index contributed by atoms with van der Waals surface area (Å²) in [5.41, 5.74) is 1.03. The summed E-state index contributed by atoms with van der Waals surface area (Å²) >= 11 is 0. The Balaban J connectivity index is 3.31. The lowest BCUT2D eigenvalue weighted by molar-refractivity contribution is -0.188. The van der Waals surface area contributed by atoms with Crippen molar-refractivity contribution in [3.63, 3.8) is 0 Å². The monoisotopic (exact) mass is 365 g/mol. The Morgan fingerprint density at radius 1 is 1.35 bits per heavy atom. The number of allylic oxidation sites excluding steroid dienone is 4. The highest BCUT2D eigenvalue weighted by molar-refractivity contribution is 5.91. The van der Waals surface area contributed by atoms with Gasteiger partial charge in [-0.2, -0.15) is 0 Å². The molecular weight excluding hydrogens is 330 g/mol. The summed E-state index contributed by atoms with van der Waals surface area (Å²) in [5.74, 6) is -0.605. The third-order valence-electron chi connectivity index (χ3n) is 5.17. The van der Waals surface area contributed by atoms with Crippen LogP contribution in [0.4, 0.5) is 0 Å². The minimum absolute atomic E-state index is 0.0210. The van der Waals surface area contributed by atoms with E-state index < -0.39 is 24.4 Å². The zero-order chi connectivity index (χ0) is 20.1. The Hall–Kier alpha value is -1.27. The molecule has 0 saturated heterocycles. The van der Waals surface area contributed by atoms with Crippen molar-refractivity contribution in [2.45, 2.75) is 71.9 Å². The summed E-state index contributed by atoms with van der Waals surface area (Å²) < 4.78 is 5.78. The molecule has 0 radical (unpaired) electrons. The van der Waals surface area contributed by atoms with Crippen molar-refractivity contribution in [3.05, 3.63) is 35.5 Å². The first-order chi connectivity index (χ1) is 12.0. The average Bonchev–Trinajstić information content (AvgIpc) is 2.56. The van der Waals surface area contributed by atoms with E-state index in [1.165, 1.54) is 0 Å². The maximum Gasteiger partial charge on any atom is 0.161 e. The lowest BCUT2D eigenvalue weighted by atomic mass is 9.81. The Kier molecular flexibility index (Phi) is 8.41. The van der Waals surface area contributed by atoms with E-state index in [1.807, 2.05) is 26.8 Å². The summed E-state index contributed by atoms with van der Waals surface area (Å²) in [6, 6.07) is 0. The van der Waals surface area contributed by atoms with Gasteiger partial charge in [-0.25, -0.2) is 0 Å². The number of ether oxygens (including phenoxy) is 1. The lowest BCUT2D eigenvalue weighted by Gasteiger charge is -2.37. The molecule has 0 saturated carbocycles. The van der Waals surface area contributed by atoms with Gasteiger partial charge in [0.15, 0.2) is 6.29 Å². The van der Waals surface area contributed by atoms with E-state index in [0.717, 1.165) is 23.1 Å². The van der Waals surface area contributed by atoms with Crippen LogP contribution in [0.1, 0.15) is 53.9 Å². The fourth-order valence-corrected chi connectivity index (χ4v) is 3.48. The highest BCUT2D eigenvalue weighted by Gasteiger charge is 2.42. The summed E-state index contributed by atoms with van der Waals surface area (Å²) in [6.45, 7) is 13.0. The molecule has 0 aliphatic carbocycles. The van der Waals surface area contributed by atoms with Crippen molar-refractivity contribution in [3.8, 4) is 0 Å². The van der Waals surface area contributed by atoms with E-state index in [1.54, 1.807) is 6.92 Å². The first-order valence-corrected chi connectivity index (χ1v) is 9.33. The van der Waals surface area contributed by atoms with Crippen molar-refractivity contribution in [2.24, 2.45) is 11.8 Å². The van der Waals surface area contributed by atoms with Gasteiger partial charge in [0, 0.05) is 18.1 Å². The number of hydrogen-bond donors (Lipinski definition) is 4. The standard InChI is InChI=1S/C21H35NO4/c1-7-18-16(5)10-14(3)8-13(2)9-15(4)11-19(22)21(25,12-23)17(6)20(24)26-18/h9-10,13,17-18,20,22-25H,3,7-8,11-12H2,1-2,4-6H3/b15-9+,16-10+,22-19?/t13?,17-,18-,20?,21?/m0/s1. The molecule has 148 valence electrons. The van der Waals surface area contributed by atoms with E-state index in [9.17, 15) is 15.3 Å². The maximum atomic E-state index is 10.9. The van der Waals surface area contributed by atoms with Crippen LogP contribution in [0.2, 0.25) is 0 Å². The van der Waals surface area contributed by atoms with Gasteiger partial charge in [0.05, 0.1) is 12.7 Å². The van der Waals surface area contributed by atoms with Crippen LogP contribution in [0.25, 0.3) is 0 Å². The van der Waals surface area contributed by atoms with Crippen LogP contribution in [-0.2, 0) is 4.74 Å². The van der Waals surface area contributed by atoms with E-state index in [-0.39, 0.29) is 24.2 Å². The maximum absolute atomic E-state index is 10.9. The van der Waals surface area contributed by atoms with Crippen LogP contribution in [0, 0.1) is 17.2 Å². The van der Waals surface area contributed by atoms with Crippen LogP contribution in [0.3, 0.4) is 0 Å². The van der Waals surface area contributed by atoms with Crippen LogP contribution in [0.15, 0.2) is 35.5 Å². The number of nitrogens with one attached hydrogen (secondary N) is 1. The van der Waals surface area contributed by atoms with Gasteiger partial charge >= 0.3 is 0 Å². The molecule has 5 nitrogen and oxygen atoms in total. The third kappa shape index (κ3) is 5.61. The van der Waals surface area contributed by atoms with E-state index in [0.29, 0.717) is 6.42 Å². The van der Waals surface area contributed by atoms with Gasteiger partial charge in [-0.05, 0) is 38.2 Å². The van der Waals surface area contributed by atoms with Crippen molar-refractivity contribution < 1.29 is 20.1 Å². The quantitative estimate of drug-likeness (QED) is 0.565. The van der Waals surface area contributed by atoms with Crippen molar-refractivity contribution >= 4 is 5.71 Å². The van der Waals surface area contributed by atoms with Gasteiger partial charge in [-0.1, -0.05) is 50.6 Å². The highest BCUT2D eigenvalue weighted by Crippen LogP contribution is 2.29. The molecule has 0 amide bonds. The van der Waals surface area contributed by atoms with E-state index in [2.05, 4.69) is 19.6 Å². The predicted molar refractivity (Wildman–Crippen MR) is 105 cm³/mol. The minimum atomic E-state index is -1.83. The first kappa shape index (κ1) is 22.8. The topological polar surface area (TPSA) is 93.8 Å². The fraction of sp³-hybridized carbons (Fsp3) is 0.667. The van der Waals surface area contributed by atoms with Crippen molar-refractivity contribution in [1.29, 1.82) is 5.41 Å². The summed E-state index contributed by atoms with van der Waals surface area (Å²) in [5, 5.41) is 39.5. The second-order valence-electron chi connectivity index (χ2n) is 7.69. The molecular formula is C21H35NO4. The SMILES string of the molecule is C=C1/C=C(\C)[C@H](CC)OC(O)[C@H](C)C(O)(CO)C(=N)C/C(C)=C/C(C)C1. The van der Waals surface area contributed by atoms with Crippen LogP contribution >= 0.6 is 0 Å². The second-order valence-corrected chi connectivity index (χ2v) is 7.69. The Morgan fingerprint density at radius 2 is 1.96 bits per heavy atom. The van der Waals surface area contributed by atoms with Gasteiger partial charge in [0.2, 0.25) is 0 Å². The van der Waals surface area contributed by atoms with Gasteiger partial charge in [-0.3, -0.25) is 0 Å². The van der Waals surface area contributed by atoms with Crippen LogP contribution in [-0.4, -0.2) is 45.6 Å². The summed E-state index contributed by atoms with van der Waals surface area (Å²) in [4.78, 5) is 0. The number of hydrogen-bond acceptors (Lipinski definition) is 5. The van der Waals surface area contributed by atoms with Gasteiger partial charge in [0.25, 0.3) is 0 Å².